The summed E-state index contributed by atoms with van der Waals surface area (Å²) in [6, 6.07) is 12.1. The highest BCUT2D eigenvalue weighted by atomic mass is 16.5. The van der Waals surface area contributed by atoms with E-state index in [0.717, 1.165) is 0 Å². The van der Waals surface area contributed by atoms with Crippen LogP contribution in [0.25, 0.3) is 11.6 Å². The van der Waals surface area contributed by atoms with Gasteiger partial charge < -0.3 is 20.3 Å². The van der Waals surface area contributed by atoms with Crippen LogP contribution in [-0.2, 0) is 4.79 Å². The Morgan fingerprint density at radius 3 is 2.33 bits per heavy atom. The molecule has 126 valence electrons. The van der Waals surface area contributed by atoms with Gasteiger partial charge in [-0.2, -0.15) is 0 Å². The summed E-state index contributed by atoms with van der Waals surface area (Å²) in [7, 11) is 0. The Kier molecular flexibility index (Phi) is 5.84. The van der Waals surface area contributed by atoms with Crippen molar-refractivity contribution in [3.8, 4) is 11.5 Å². The van der Waals surface area contributed by atoms with Crippen LogP contribution in [0.3, 0.4) is 0 Å². The number of carboxylic acids is 1. The molecule has 0 spiro atoms. The maximum Gasteiger partial charge on any atom is 0.336 e. The Morgan fingerprint density at radius 2 is 1.75 bits per heavy atom. The number of nitrogen functional groups attached to an aromatic ring is 1. The van der Waals surface area contributed by atoms with E-state index in [4.69, 9.17) is 15.2 Å². The number of hydrogen-bond donors (Lipinski definition) is 2. The number of hydrogen-bond acceptors (Lipinski definition) is 4. The van der Waals surface area contributed by atoms with Gasteiger partial charge in [0.05, 0.1) is 18.8 Å². The molecule has 0 amide bonds. The van der Waals surface area contributed by atoms with E-state index in [9.17, 15) is 9.90 Å². The molecule has 0 bridgehead atoms. The van der Waals surface area contributed by atoms with Gasteiger partial charge in [0, 0.05) is 17.3 Å². The molecule has 2 aromatic carbocycles. The molecular formula is C19H21NO4. The summed E-state index contributed by atoms with van der Waals surface area (Å²) in [6.45, 7) is 4.80. The van der Waals surface area contributed by atoms with Crippen LogP contribution in [0.5, 0.6) is 11.5 Å². The van der Waals surface area contributed by atoms with E-state index >= 15 is 0 Å². The van der Waals surface area contributed by atoms with E-state index in [0.29, 0.717) is 41.5 Å². The van der Waals surface area contributed by atoms with E-state index in [1.807, 2.05) is 13.8 Å². The first-order chi connectivity index (χ1) is 11.5. The standard InChI is InChI=1S/C19H21NO4/c1-3-23-16-10-7-14(18(12-16)24-4-2)11-17(19(21)22)13-5-8-15(20)9-6-13/h5-12H,3-4,20H2,1-2H3,(H,21,22)/b17-11-. The molecule has 0 radical (unpaired) electrons. The van der Waals surface area contributed by atoms with Gasteiger partial charge in [-0.1, -0.05) is 12.1 Å². The SMILES string of the molecule is CCOc1ccc(/C=C(\C(=O)O)c2ccc(N)cc2)c(OCC)c1. The van der Waals surface area contributed by atoms with Crippen LogP contribution < -0.4 is 15.2 Å². The fraction of sp³-hybridized carbons (Fsp3) is 0.211. The van der Waals surface area contributed by atoms with Crippen molar-refractivity contribution in [2.45, 2.75) is 13.8 Å². The molecule has 0 saturated heterocycles. The summed E-state index contributed by atoms with van der Waals surface area (Å²) in [4.78, 5) is 11.7. The first-order valence-corrected chi connectivity index (χ1v) is 7.75. The molecule has 0 aliphatic heterocycles. The number of nitrogens with two attached hydrogens (primary N) is 1. The van der Waals surface area contributed by atoms with E-state index in [1.165, 1.54) is 0 Å². The smallest absolute Gasteiger partial charge is 0.336 e. The van der Waals surface area contributed by atoms with Crippen LogP contribution in [0.2, 0.25) is 0 Å². The quantitative estimate of drug-likeness (QED) is 0.460. The van der Waals surface area contributed by atoms with Crippen molar-refractivity contribution < 1.29 is 19.4 Å². The number of aliphatic carboxylic acids is 1. The second kappa shape index (κ2) is 8.06. The van der Waals surface area contributed by atoms with E-state index < -0.39 is 5.97 Å². The van der Waals surface area contributed by atoms with Gasteiger partial charge in [0.2, 0.25) is 0 Å². The summed E-state index contributed by atoms with van der Waals surface area (Å²) in [6.07, 6.45) is 1.59. The molecule has 0 aliphatic carbocycles. The topological polar surface area (TPSA) is 81.8 Å². The normalized spacial score (nSPS) is 11.2. The van der Waals surface area contributed by atoms with Crippen LogP contribution in [0.15, 0.2) is 42.5 Å². The molecule has 0 atom stereocenters. The van der Waals surface area contributed by atoms with Gasteiger partial charge in [-0.3, -0.25) is 0 Å². The van der Waals surface area contributed by atoms with Gasteiger partial charge in [-0.25, -0.2) is 4.79 Å². The third-order valence-corrected chi connectivity index (χ3v) is 3.35. The lowest BCUT2D eigenvalue weighted by Gasteiger charge is -2.11. The largest absolute Gasteiger partial charge is 0.494 e. The second-order valence-electron chi connectivity index (χ2n) is 5.05. The predicted octanol–water partition coefficient (Wildman–Crippen LogP) is 3.69. The van der Waals surface area contributed by atoms with E-state index in [1.54, 1.807) is 48.5 Å². The number of rotatable bonds is 7. The second-order valence-corrected chi connectivity index (χ2v) is 5.05. The maximum atomic E-state index is 11.7. The Morgan fingerprint density at radius 1 is 1.08 bits per heavy atom. The minimum Gasteiger partial charge on any atom is -0.494 e. The van der Waals surface area contributed by atoms with Crippen molar-refractivity contribution in [3.05, 3.63) is 53.6 Å². The van der Waals surface area contributed by atoms with Gasteiger partial charge in [-0.15, -0.1) is 0 Å². The van der Waals surface area contributed by atoms with Crippen molar-refractivity contribution in [2.75, 3.05) is 18.9 Å². The van der Waals surface area contributed by atoms with Gasteiger partial charge in [0.1, 0.15) is 11.5 Å². The molecule has 3 N–H and O–H groups in total. The number of carboxylic acid groups (broad SMARTS) is 1. The third kappa shape index (κ3) is 4.29. The molecule has 2 rings (SSSR count). The molecule has 0 fully saturated rings. The predicted molar refractivity (Wildman–Crippen MR) is 95.1 cm³/mol. The minimum absolute atomic E-state index is 0.167. The van der Waals surface area contributed by atoms with Gasteiger partial charge in [-0.05, 0) is 49.8 Å². The molecular weight excluding hydrogens is 306 g/mol. The fourth-order valence-electron chi connectivity index (χ4n) is 2.26. The van der Waals surface area contributed by atoms with Gasteiger partial charge in [0.15, 0.2) is 0 Å². The maximum absolute atomic E-state index is 11.7. The molecule has 5 nitrogen and oxygen atoms in total. The highest BCUT2D eigenvalue weighted by Crippen LogP contribution is 2.29. The molecule has 0 heterocycles. The zero-order valence-electron chi connectivity index (χ0n) is 13.8. The zero-order valence-corrected chi connectivity index (χ0v) is 13.8. The van der Waals surface area contributed by atoms with Crippen LogP contribution >= 0.6 is 0 Å². The number of anilines is 1. The van der Waals surface area contributed by atoms with Crippen LogP contribution in [0.1, 0.15) is 25.0 Å². The lowest BCUT2D eigenvalue weighted by molar-refractivity contribution is -0.130. The van der Waals surface area contributed by atoms with Crippen LogP contribution in [-0.4, -0.2) is 24.3 Å². The summed E-state index contributed by atoms with van der Waals surface area (Å²) in [5, 5.41) is 9.55. The Bertz CT molecular complexity index is 736. The average Bonchev–Trinajstić information content (AvgIpc) is 2.55. The van der Waals surface area contributed by atoms with E-state index in [2.05, 4.69) is 0 Å². The highest BCUT2D eigenvalue weighted by Gasteiger charge is 2.13. The summed E-state index contributed by atoms with van der Waals surface area (Å²) < 4.78 is 11.1. The van der Waals surface area contributed by atoms with Crippen molar-refractivity contribution >= 4 is 23.3 Å². The first-order valence-electron chi connectivity index (χ1n) is 7.75. The lowest BCUT2D eigenvalue weighted by Crippen LogP contribution is -2.01. The van der Waals surface area contributed by atoms with Crippen LogP contribution in [0, 0.1) is 0 Å². The summed E-state index contributed by atoms with van der Waals surface area (Å²) in [5.41, 5.74) is 7.67. The highest BCUT2D eigenvalue weighted by molar-refractivity contribution is 6.20. The molecule has 2 aromatic rings. The summed E-state index contributed by atoms with van der Waals surface area (Å²) >= 11 is 0. The zero-order chi connectivity index (χ0) is 17.5. The monoisotopic (exact) mass is 327 g/mol. The molecule has 0 aromatic heterocycles. The third-order valence-electron chi connectivity index (χ3n) is 3.35. The average molecular weight is 327 g/mol. The number of carbonyl (C=O) groups is 1. The van der Waals surface area contributed by atoms with Gasteiger partial charge >= 0.3 is 5.97 Å². The molecule has 0 aliphatic rings. The van der Waals surface area contributed by atoms with Crippen molar-refractivity contribution in [1.82, 2.24) is 0 Å². The lowest BCUT2D eigenvalue weighted by atomic mass is 10.0. The Balaban J connectivity index is 2.48. The van der Waals surface area contributed by atoms with Crippen molar-refractivity contribution in [1.29, 1.82) is 0 Å². The van der Waals surface area contributed by atoms with E-state index in [-0.39, 0.29) is 5.57 Å². The number of ether oxygens (including phenoxy) is 2. The van der Waals surface area contributed by atoms with Crippen LogP contribution in [0.4, 0.5) is 5.69 Å². The molecule has 0 saturated carbocycles. The number of benzene rings is 2. The molecule has 24 heavy (non-hydrogen) atoms. The molecule has 5 heteroatoms. The minimum atomic E-state index is -1.02. The molecule has 0 unspecified atom stereocenters. The van der Waals surface area contributed by atoms with Crippen molar-refractivity contribution in [2.24, 2.45) is 0 Å². The first kappa shape index (κ1) is 17.4. The Labute approximate surface area is 141 Å². The Hall–Kier alpha value is -2.95. The summed E-state index contributed by atoms with van der Waals surface area (Å²) in [5.74, 6) is 0.246. The van der Waals surface area contributed by atoms with Crippen molar-refractivity contribution in [3.63, 3.8) is 0 Å². The fourth-order valence-corrected chi connectivity index (χ4v) is 2.26. The van der Waals surface area contributed by atoms with Gasteiger partial charge in [0.25, 0.3) is 0 Å².